The van der Waals surface area contributed by atoms with Crippen LogP contribution in [0.1, 0.15) is 60.8 Å². The van der Waals surface area contributed by atoms with Crippen LogP contribution in [0.4, 0.5) is 0 Å². The first-order chi connectivity index (χ1) is 9.06. The summed E-state index contributed by atoms with van der Waals surface area (Å²) in [6.07, 6.45) is 2.76. The van der Waals surface area contributed by atoms with Crippen LogP contribution in [0.25, 0.3) is 0 Å². The molecule has 120 valence electrons. The van der Waals surface area contributed by atoms with Crippen LogP contribution in [0, 0.1) is 11.8 Å². The molecule has 3 N–H and O–H groups in total. The van der Waals surface area contributed by atoms with Gasteiger partial charge in [-0.15, -0.1) is 0 Å². The van der Waals surface area contributed by atoms with Gasteiger partial charge in [0.05, 0.1) is 0 Å². The fraction of sp³-hybridized carbons (Fsp3) is 0.938. The number of hydrogen-bond donors (Lipinski definition) is 2. The molecule has 0 fully saturated rings. The molecule has 4 heteroatoms. The third-order valence-corrected chi connectivity index (χ3v) is 3.82. The summed E-state index contributed by atoms with van der Waals surface area (Å²) in [5.74, 6) is 0.400. The van der Waals surface area contributed by atoms with Crippen molar-refractivity contribution in [2.75, 3.05) is 13.1 Å². The molecule has 0 saturated heterocycles. The van der Waals surface area contributed by atoms with Crippen LogP contribution in [0.3, 0.4) is 0 Å². The first-order valence-electron chi connectivity index (χ1n) is 7.82. The molecule has 0 bridgehead atoms. The molecule has 0 aliphatic carbocycles. The Morgan fingerprint density at radius 3 is 1.80 bits per heavy atom. The molecular weight excluding hydrogens is 252 g/mol. The summed E-state index contributed by atoms with van der Waals surface area (Å²) in [4.78, 5) is 13.6. The largest absolute Gasteiger partial charge is 0.480 e. The van der Waals surface area contributed by atoms with Gasteiger partial charge >= 0.3 is 5.97 Å². The molecule has 0 aliphatic rings. The third kappa shape index (κ3) is 7.85. The van der Waals surface area contributed by atoms with Crippen LogP contribution >= 0.6 is 0 Å². The van der Waals surface area contributed by atoms with Crippen LogP contribution in [-0.2, 0) is 4.79 Å². The number of carbonyl (C=O) groups is 1. The van der Waals surface area contributed by atoms with Crippen molar-refractivity contribution in [1.29, 1.82) is 0 Å². The van der Waals surface area contributed by atoms with Gasteiger partial charge in [0.2, 0.25) is 0 Å². The van der Waals surface area contributed by atoms with Crippen molar-refractivity contribution in [2.24, 2.45) is 17.6 Å². The highest BCUT2D eigenvalue weighted by Gasteiger charge is 2.31. The Balaban J connectivity index is 4.60. The number of carboxylic acids is 1. The third-order valence-electron chi connectivity index (χ3n) is 3.82. The van der Waals surface area contributed by atoms with Crippen LogP contribution in [0.15, 0.2) is 0 Å². The first kappa shape index (κ1) is 19.4. The SMILES string of the molecule is CC(C)CCN(CCC(C)C)C(C)CC(C)(N)C(=O)O. The fourth-order valence-electron chi connectivity index (χ4n) is 2.23. The zero-order chi connectivity index (χ0) is 15.9. The summed E-state index contributed by atoms with van der Waals surface area (Å²) in [6, 6.07) is 0.193. The Bertz CT molecular complexity index is 276. The maximum Gasteiger partial charge on any atom is 0.323 e. The van der Waals surface area contributed by atoms with Gasteiger partial charge in [0.25, 0.3) is 0 Å². The van der Waals surface area contributed by atoms with E-state index in [0.717, 1.165) is 25.9 Å². The number of hydrogen-bond acceptors (Lipinski definition) is 3. The van der Waals surface area contributed by atoms with E-state index in [-0.39, 0.29) is 6.04 Å². The number of nitrogens with zero attached hydrogens (tertiary/aromatic N) is 1. The van der Waals surface area contributed by atoms with Crippen molar-refractivity contribution in [2.45, 2.75) is 72.4 Å². The fourth-order valence-corrected chi connectivity index (χ4v) is 2.23. The van der Waals surface area contributed by atoms with Gasteiger partial charge in [0.1, 0.15) is 5.54 Å². The second kappa shape index (κ2) is 8.63. The van der Waals surface area contributed by atoms with Gasteiger partial charge < -0.3 is 15.7 Å². The van der Waals surface area contributed by atoms with E-state index in [4.69, 9.17) is 10.8 Å². The van der Waals surface area contributed by atoms with Gasteiger partial charge in [0.15, 0.2) is 0 Å². The number of aliphatic carboxylic acids is 1. The zero-order valence-corrected chi connectivity index (χ0v) is 14.1. The van der Waals surface area contributed by atoms with E-state index in [9.17, 15) is 4.79 Å². The molecule has 0 saturated carbocycles. The average molecular weight is 286 g/mol. The van der Waals surface area contributed by atoms with Gasteiger partial charge in [-0.05, 0) is 58.0 Å². The highest BCUT2D eigenvalue weighted by atomic mass is 16.4. The molecule has 0 radical (unpaired) electrons. The Labute approximate surface area is 124 Å². The highest BCUT2D eigenvalue weighted by molar-refractivity contribution is 5.77. The molecule has 0 rings (SSSR count). The molecule has 2 atom stereocenters. The van der Waals surface area contributed by atoms with E-state index in [1.807, 2.05) is 0 Å². The Hall–Kier alpha value is -0.610. The van der Waals surface area contributed by atoms with Crippen molar-refractivity contribution in [3.8, 4) is 0 Å². The number of carboxylic acid groups (broad SMARTS) is 1. The van der Waals surface area contributed by atoms with Crippen LogP contribution < -0.4 is 5.73 Å². The molecule has 0 aromatic rings. The summed E-state index contributed by atoms with van der Waals surface area (Å²) >= 11 is 0. The molecule has 2 unspecified atom stereocenters. The minimum atomic E-state index is -1.15. The van der Waals surface area contributed by atoms with Crippen molar-refractivity contribution in [1.82, 2.24) is 4.90 Å². The molecular formula is C16H34N2O2. The highest BCUT2D eigenvalue weighted by Crippen LogP contribution is 2.17. The summed E-state index contributed by atoms with van der Waals surface area (Å²) < 4.78 is 0. The summed E-state index contributed by atoms with van der Waals surface area (Å²) in [6.45, 7) is 14.6. The minimum absolute atomic E-state index is 0.193. The van der Waals surface area contributed by atoms with E-state index in [0.29, 0.717) is 18.3 Å². The lowest BCUT2D eigenvalue weighted by atomic mass is 9.93. The number of nitrogens with two attached hydrogens (primary N) is 1. The van der Waals surface area contributed by atoms with Crippen molar-refractivity contribution < 1.29 is 9.90 Å². The first-order valence-corrected chi connectivity index (χ1v) is 7.82. The Morgan fingerprint density at radius 2 is 1.50 bits per heavy atom. The van der Waals surface area contributed by atoms with Gasteiger partial charge in [-0.25, -0.2) is 0 Å². The van der Waals surface area contributed by atoms with Crippen LogP contribution in [-0.4, -0.2) is 40.6 Å². The average Bonchev–Trinajstić information content (AvgIpc) is 2.26. The predicted octanol–water partition coefficient (Wildman–Crippen LogP) is 2.96. The van der Waals surface area contributed by atoms with Crippen molar-refractivity contribution in [3.05, 3.63) is 0 Å². The second-order valence-electron chi connectivity index (χ2n) is 7.18. The summed E-state index contributed by atoms with van der Waals surface area (Å²) in [5, 5.41) is 9.16. The molecule has 4 nitrogen and oxygen atoms in total. The zero-order valence-electron chi connectivity index (χ0n) is 14.1. The van der Waals surface area contributed by atoms with Gasteiger partial charge in [0, 0.05) is 6.04 Å². The maximum atomic E-state index is 11.2. The smallest absolute Gasteiger partial charge is 0.323 e. The molecule has 0 aromatic carbocycles. The lowest BCUT2D eigenvalue weighted by Gasteiger charge is -2.34. The quantitative estimate of drug-likeness (QED) is 0.648. The topological polar surface area (TPSA) is 66.6 Å². The number of rotatable bonds is 10. The maximum absolute atomic E-state index is 11.2. The summed E-state index contributed by atoms with van der Waals surface area (Å²) in [7, 11) is 0. The van der Waals surface area contributed by atoms with Gasteiger partial charge in [-0.3, -0.25) is 4.79 Å². The van der Waals surface area contributed by atoms with Crippen molar-refractivity contribution in [3.63, 3.8) is 0 Å². The van der Waals surface area contributed by atoms with E-state index in [1.165, 1.54) is 0 Å². The Kier molecular flexibility index (Phi) is 8.36. The van der Waals surface area contributed by atoms with E-state index >= 15 is 0 Å². The standard InChI is InChI=1S/C16H34N2O2/c1-12(2)7-9-18(10-8-13(3)4)14(5)11-16(6,17)15(19)20/h12-14H,7-11,17H2,1-6H3,(H,19,20). The molecule has 20 heavy (non-hydrogen) atoms. The van der Waals surface area contributed by atoms with Crippen LogP contribution in [0.2, 0.25) is 0 Å². The van der Waals surface area contributed by atoms with E-state index in [2.05, 4.69) is 39.5 Å². The second-order valence-corrected chi connectivity index (χ2v) is 7.18. The molecule has 0 aromatic heterocycles. The van der Waals surface area contributed by atoms with Crippen LogP contribution in [0.5, 0.6) is 0 Å². The lowest BCUT2D eigenvalue weighted by Crippen LogP contribution is -2.50. The monoisotopic (exact) mass is 286 g/mol. The molecule has 0 heterocycles. The van der Waals surface area contributed by atoms with E-state index < -0.39 is 11.5 Å². The summed E-state index contributed by atoms with van der Waals surface area (Å²) in [5.41, 5.74) is 4.74. The normalized spacial score (nSPS) is 16.7. The van der Waals surface area contributed by atoms with E-state index in [1.54, 1.807) is 6.92 Å². The molecule has 0 amide bonds. The minimum Gasteiger partial charge on any atom is -0.480 e. The van der Waals surface area contributed by atoms with Gasteiger partial charge in [-0.1, -0.05) is 27.7 Å². The molecule has 0 aliphatic heterocycles. The predicted molar refractivity (Wildman–Crippen MR) is 84.8 cm³/mol. The van der Waals surface area contributed by atoms with Crippen molar-refractivity contribution >= 4 is 5.97 Å². The lowest BCUT2D eigenvalue weighted by molar-refractivity contribution is -0.143. The Morgan fingerprint density at radius 1 is 1.10 bits per heavy atom. The molecule has 0 spiro atoms. The van der Waals surface area contributed by atoms with Gasteiger partial charge in [-0.2, -0.15) is 0 Å².